The standard InChI is InChI=1S/C23H24ClF3N4O/c24-18-6-2-1-5-17(18)13-28-21(32)15-30-11-9-16(10-12-30)14-31-20-8-4-3-7-19(20)29-22(31)23(25,26)27/h1-8,16H,9-15H2,(H,28,32). The summed E-state index contributed by atoms with van der Waals surface area (Å²) in [5, 5.41) is 3.49. The third-order valence-corrected chi connectivity index (χ3v) is 6.23. The number of halogens is 4. The second-order valence-corrected chi connectivity index (χ2v) is 8.53. The number of nitrogens with zero attached hydrogens (tertiary/aromatic N) is 3. The van der Waals surface area contributed by atoms with Gasteiger partial charge in [0.05, 0.1) is 17.6 Å². The maximum Gasteiger partial charge on any atom is 0.449 e. The zero-order chi connectivity index (χ0) is 22.7. The van der Waals surface area contributed by atoms with Gasteiger partial charge in [-0.1, -0.05) is 41.9 Å². The molecule has 1 fully saturated rings. The fourth-order valence-electron chi connectivity index (χ4n) is 4.16. The highest BCUT2D eigenvalue weighted by Crippen LogP contribution is 2.33. The number of carbonyl (C=O) groups is 1. The van der Waals surface area contributed by atoms with Crippen LogP contribution in [0, 0.1) is 5.92 Å². The lowest BCUT2D eigenvalue weighted by Gasteiger charge is -2.32. The first-order valence-corrected chi connectivity index (χ1v) is 10.9. The molecule has 0 saturated carbocycles. The van der Waals surface area contributed by atoms with Crippen LogP contribution in [0.5, 0.6) is 0 Å². The number of para-hydroxylation sites is 2. The van der Waals surface area contributed by atoms with E-state index in [-0.39, 0.29) is 24.9 Å². The Kier molecular flexibility index (Phi) is 6.71. The van der Waals surface area contributed by atoms with Gasteiger partial charge in [-0.25, -0.2) is 4.98 Å². The Morgan fingerprint density at radius 2 is 1.78 bits per heavy atom. The summed E-state index contributed by atoms with van der Waals surface area (Å²) in [5.74, 6) is -0.848. The van der Waals surface area contributed by atoms with Crippen molar-refractivity contribution in [3.8, 4) is 0 Å². The van der Waals surface area contributed by atoms with Crippen LogP contribution in [0.15, 0.2) is 48.5 Å². The van der Waals surface area contributed by atoms with Gasteiger partial charge in [-0.15, -0.1) is 0 Å². The van der Waals surface area contributed by atoms with Gasteiger partial charge in [0, 0.05) is 18.1 Å². The first-order chi connectivity index (χ1) is 15.3. The van der Waals surface area contributed by atoms with Crippen LogP contribution in [0.2, 0.25) is 5.02 Å². The topological polar surface area (TPSA) is 50.2 Å². The van der Waals surface area contributed by atoms with E-state index in [1.807, 2.05) is 23.1 Å². The minimum atomic E-state index is -4.50. The lowest BCUT2D eigenvalue weighted by molar-refractivity contribution is -0.147. The molecule has 0 unspecified atom stereocenters. The highest BCUT2D eigenvalue weighted by molar-refractivity contribution is 6.31. The molecule has 9 heteroatoms. The van der Waals surface area contributed by atoms with Gasteiger partial charge in [0.2, 0.25) is 11.7 Å². The van der Waals surface area contributed by atoms with Gasteiger partial charge in [0.25, 0.3) is 0 Å². The minimum absolute atomic E-state index is 0.0937. The largest absolute Gasteiger partial charge is 0.449 e. The van der Waals surface area contributed by atoms with Crippen LogP contribution in [0.1, 0.15) is 24.2 Å². The van der Waals surface area contributed by atoms with Crippen LogP contribution in [0.3, 0.4) is 0 Å². The molecule has 1 amide bonds. The number of rotatable bonds is 6. The van der Waals surface area contributed by atoms with Crippen LogP contribution in [-0.2, 0) is 24.1 Å². The number of likely N-dealkylation sites (tertiary alicyclic amines) is 1. The van der Waals surface area contributed by atoms with Gasteiger partial charge >= 0.3 is 6.18 Å². The Hall–Kier alpha value is -2.58. The van der Waals surface area contributed by atoms with Crippen LogP contribution >= 0.6 is 11.6 Å². The molecule has 0 bridgehead atoms. The molecule has 1 aliphatic rings. The molecule has 2 heterocycles. The predicted molar refractivity (Wildman–Crippen MR) is 117 cm³/mol. The molecular weight excluding hydrogens is 441 g/mol. The number of imidazole rings is 1. The number of piperidine rings is 1. The fraction of sp³-hybridized carbons (Fsp3) is 0.391. The van der Waals surface area contributed by atoms with Gasteiger partial charge in [-0.3, -0.25) is 9.69 Å². The first kappa shape index (κ1) is 22.6. The Morgan fingerprint density at radius 3 is 2.50 bits per heavy atom. The number of amides is 1. The van der Waals surface area contributed by atoms with Crippen molar-refractivity contribution in [3.63, 3.8) is 0 Å². The molecule has 170 valence electrons. The molecule has 4 rings (SSSR count). The zero-order valence-corrected chi connectivity index (χ0v) is 18.2. The van der Waals surface area contributed by atoms with Crippen molar-refractivity contribution < 1.29 is 18.0 Å². The van der Waals surface area contributed by atoms with E-state index < -0.39 is 12.0 Å². The highest BCUT2D eigenvalue weighted by atomic mass is 35.5. The summed E-state index contributed by atoms with van der Waals surface area (Å²) in [6, 6.07) is 14.0. The summed E-state index contributed by atoms with van der Waals surface area (Å²) in [5.41, 5.74) is 1.71. The molecule has 3 aromatic rings. The Balaban J connectivity index is 1.32. The average Bonchev–Trinajstić information content (AvgIpc) is 3.14. The number of nitrogens with one attached hydrogen (secondary N) is 1. The van der Waals surface area contributed by atoms with Crippen molar-refractivity contribution >= 4 is 28.5 Å². The maximum absolute atomic E-state index is 13.5. The normalized spacial score (nSPS) is 15.9. The van der Waals surface area contributed by atoms with Crippen molar-refractivity contribution in [2.24, 2.45) is 5.92 Å². The number of hydrogen-bond donors (Lipinski definition) is 1. The fourth-order valence-corrected chi connectivity index (χ4v) is 4.36. The number of hydrogen-bond acceptors (Lipinski definition) is 3. The summed E-state index contributed by atoms with van der Waals surface area (Å²) in [4.78, 5) is 18.2. The molecule has 1 aromatic heterocycles. The van der Waals surface area contributed by atoms with Gasteiger partial charge in [0.1, 0.15) is 0 Å². The molecule has 0 radical (unpaired) electrons. The quantitative estimate of drug-likeness (QED) is 0.573. The molecule has 1 saturated heterocycles. The number of aromatic nitrogens is 2. The van der Waals surface area contributed by atoms with Crippen molar-refractivity contribution in [1.82, 2.24) is 19.8 Å². The van der Waals surface area contributed by atoms with Crippen molar-refractivity contribution in [1.29, 1.82) is 0 Å². The SMILES string of the molecule is O=C(CN1CCC(Cn2c(C(F)(F)F)nc3ccccc32)CC1)NCc1ccccc1Cl. The van der Waals surface area contributed by atoms with Gasteiger partial charge in [-0.2, -0.15) is 13.2 Å². The molecule has 1 N–H and O–H groups in total. The average molecular weight is 465 g/mol. The second-order valence-electron chi connectivity index (χ2n) is 8.12. The Morgan fingerprint density at radius 1 is 1.09 bits per heavy atom. The number of benzene rings is 2. The first-order valence-electron chi connectivity index (χ1n) is 10.6. The van der Waals surface area contributed by atoms with E-state index in [1.54, 1.807) is 30.3 Å². The summed E-state index contributed by atoms with van der Waals surface area (Å²) in [7, 11) is 0. The second kappa shape index (κ2) is 9.50. The van der Waals surface area contributed by atoms with E-state index in [1.165, 1.54) is 4.57 Å². The molecule has 0 atom stereocenters. The van der Waals surface area contributed by atoms with Crippen molar-refractivity contribution in [3.05, 3.63) is 64.9 Å². The van der Waals surface area contributed by atoms with E-state index in [2.05, 4.69) is 10.3 Å². The summed E-state index contributed by atoms with van der Waals surface area (Å²) >= 11 is 6.11. The molecule has 1 aliphatic heterocycles. The lowest BCUT2D eigenvalue weighted by atomic mass is 9.96. The number of fused-ring (bicyclic) bond motifs is 1. The maximum atomic E-state index is 13.5. The van der Waals surface area contributed by atoms with Crippen molar-refractivity contribution in [2.75, 3.05) is 19.6 Å². The lowest BCUT2D eigenvalue weighted by Crippen LogP contribution is -2.42. The molecule has 2 aromatic carbocycles. The Labute approximate surface area is 189 Å². The third kappa shape index (κ3) is 5.24. The van der Waals surface area contributed by atoms with Gasteiger partial charge in [-0.05, 0) is 55.6 Å². The summed E-state index contributed by atoms with van der Waals surface area (Å²) in [6.07, 6.45) is -3.05. The smallest absolute Gasteiger partial charge is 0.351 e. The molecule has 32 heavy (non-hydrogen) atoms. The number of alkyl halides is 3. The molecular formula is C23H24ClF3N4O. The summed E-state index contributed by atoms with van der Waals surface area (Å²) in [6.45, 7) is 2.22. The summed E-state index contributed by atoms with van der Waals surface area (Å²) < 4.78 is 41.9. The number of carbonyl (C=O) groups excluding carboxylic acids is 1. The molecule has 5 nitrogen and oxygen atoms in total. The molecule has 0 aliphatic carbocycles. The monoisotopic (exact) mass is 464 g/mol. The Bertz CT molecular complexity index is 1090. The van der Waals surface area contributed by atoms with Crippen LogP contribution < -0.4 is 5.32 Å². The highest BCUT2D eigenvalue weighted by Gasteiger charge is 2.38. The van der Waals surface area contributed by atoms with Crippen LogP contribution in [-0.4, -0.2) is 40.0 Å². The van der Waals surface area contributed by atoms with E-state index >= 15 is 0 Å². The van der Waals surface area contributed by atoms with Gasteiger partial charge < -0.3 is 9.88 Å². The third-order valence-electron chi connectivity index (χ3n) is 5.86. The predicted octanol–water partition coefficient (Wildman–Crippen LogP) is 4.74. The van der Waals surface area contributed by atoms with E-state index in [0.29, 0.717) is 35.7 Å². The van der Waals surface area contributed by atoms with Crippen LogP contribution in [0.25, 0.3) is 11.0 Å². The minimum Gasteiger partial charge on any atom is -0.351 e. The van der Waals surface area contributed by atoms with E-state index in [9.17, 15) is 18.0 Å². The van der Waals surface area contributed by atoms with Gasteiger partial charge in [0.15, 0.2) is 0 Å². The van der Waals surface area contributed by atoms with Crippen LogP contribution in [0.4, 0.5) is 13.2 Å². The van der Waals surface area contributed by atoms with E-state index in [0.717, 1.165) is 18.4 Å². The molecule has 0 spiro atoms. The van der Waals surface area contributed by atoms with E-state index in [4.69, 9.17) is 11.6 Å². The zero-order valence-electron chi connectivity index (χ0n) is 17.4. The van der Waals surface area contributed by atoms with Crippen molar-refractivity contribution in [2.45, 2.75) is 32.1 Å².